The summed E-state index contributed by atoms with van der Waals surface area (Å²) >= 11 is 0. The van der Waals surface area contributed by atoms with Gasteiger partial charge in [-0.1, -0.05) is 20.8 Å². The molecule has 1 atom stereocenters. The van der Waals surface area contributed by atoms with Crippen molar-refractivity contribution < 1.29 is 14.3 Å². The summed E-state index contributed by atoms with van der Waals surface area (Å²) in [5.41, 5.74) is 0.303. The van der Waals surface area contributed by atoms with Crippen LogP contribution in [0.1, 0.15) is 20.8 Å². The zero-order valence-corrected chi connectivity index (χ0v) is 12.9. The summed E-state index contributed by atoms with van der Waals surface area (Å²) in [4.78, 5) is 26.0. The number of hydrogen-bond acceptors (Lipinski definition) is 4. The molecule has 1 aliphatic rings. The highest BCUT2D eigenvalue weighted by molar-refractivity contribution is 6.06. The van der Waals surface area contributed by atoms with Crippen LogP contribution in [0.3, 0.4) is 0 Å². The number of carbonyl (C=O) groups excluding carboxylic acids is 2. The number of carbonyl (C=O) groups is 2. The van der Waals surface area contributed by atoms with Crippen molar-refractivity contribution in [1.29, 1.82) is 0 Å². The molecule has 0 spiro atoms. The van der Waals surface area contributed by atoms with Gasteiger partial charge in [0.1, 0.15) is 12.6 Å². The van der Waals surface area contributed by atoms with Crippen molar-refractivity contribution in [2.45, 2.75) is 33.4 Å². The monoisotopic (exact) mass is 294 g/mol. The second kappa shape index (κ2) is 5.85. The van der Waals surface area contributed by atoms with E-state index in [0.717, 1.165) is 0 Å². The maximum Gasteiger partial charge on any atom is 0.250 e. The van der Waals surface area contributed by atoms with Gasteiger partial charge in [-0.15, -0.1) is 0 Å². The van der Waals surface area contributed by atoms with Gasteiger partial charge in [0.2, 0.25) is 5.91 Å². The van der Waals surface area contributed by atoms with Gasteiger partial charge < -0.3 is 10.1 Å². The van der Waals surface area contributed by atoms with E-state index >= 15 is 0 Å². The van der Waals surface area contributed by atoms with Crippen molar-refractivity contribution in [3.8, 4) is 0 Å². The third kappa shape index (κ3) is 3.41. The third-order valence-electron chi connectivity index (χ3n) is 3.44. The van der Waals surface area contributed by atoms with E-state index in [1.165, 1.54) is 4.90 Å². The molecule has 0 aromatic carbocycles. The highest BCUT2D eigenvalue weighted by Crippen LogP contribution is 2.26. The maximum absolute atomic E-state index is 12.6. The largest absolute Gasteiger partial charge is 0.383 e. The minimum atomic E-state index is -0.527. The number of nitrogens with one attached hydrogen (secondary N) is 1. The van der Waals surface area contributed by atoms with E-state index in [1.54, 1.807) is 24.2 Å². The van der Waals surface area contributed by atoms with Gasteiger partial charge >= 0.3 is 0 Å². The van der Waals surface area contributed by atoms with Gasteiger partial charge in [0, 0.05) is 13.3 Å². The molecule has 0 bridgehead atoms. The molecular formula is C14H22N4O3. The molecule has 116 valence electrons. The van der Waals surface area contributed by atoms with E-state index in [2.05, 4.69) is 10.4 Å². The fourth-order valence-electron chi connectivity index (χ4n) is 2.25. The molecule has 2 rings (SSSR count). The van der Waals surface area contributed by atoms with Crippen LogP contribution in [0.4, 0.5) is 5.69 Å². The lowest BCUT2D eigenvalue weighted by molar-refractivity contribution is -0.133. The van der Waals surface area contributed by atoms with Gasteiger partial charge in [0.05, 0.1) is 25.0 Å². The van der Waals surface area contributed by atoms with E-state index in [1.807, 2.05) is 20.8 Å². The number of hydrogen-bond donors (Lipinski definition) is 1. The molecule has 0 aliphatic carbocycles. The lowest BCUT2D eigenvalue weighted by Crippen LogP contribution is -2.62. The van der Waals surface area contributed by atoms with Crippen LogP contribution in [0.5, 0.6) is 0 Å². The number of nitrogens with zero attached hydrogens (tertiary/aromatic N) is 3. The number of piperazine rings is 1. The lowest BCUT2D eigenvalue weighted by atomic mass is 9.84. The fourth-order valence-corrected chi connectivity index (χ4v) is 2.25. The van der Waals surface area contributed by atoms with Crippen LogP contribution in [0, 0.1) is 5.41 Å². The molecule has 1 aliphatic heterocycles. The van der Waals surface area contributed by atoms with Gasteiger partial charge in [-0.3, -0.25) is 19.2 Å². The van der Waals surface area contributed by atoms with E-state index < -0.39 is 6.04 Å². The van der Waals surface area contributed by atoms with Crippen molar-refractivity contribution in [1.82, 2.24) is 15.1 Å². The second-order valence-corrected chi connectivity index (χ2v) is 6.25. The van der Waals surface area contributed by atoms with Crippen LogP contribution in [-0.2, 0) is 20.9 Å². The Balaban J connectivity index is 2.19. The normalized spacial score (nSPS) is 19.8. The number of aromatic nitrogens is 2. The van der Waals surface area contributed by atoms with Crippen LogP contribution in [-0.4, -0.2) is 47.9 Å². The summed E-state index contributed by atoms with van der Waals surface area (Å²) in [7, 11) is 1.62. The Morgan fingerprint density at radius 2 is 2.14 bits per heavy atom. The van der Waals surface area contributed by atoms with Crippen LogP contribution in [0.15, 0.2) is 12.4 Å². The SMILES string of the molecule is COCCn1cc(N2CC(=O)NC(C(C)(C)C)C2=O)cn1. The Kier molecular flexibility index (Phi) is 4.32. The molecular weight excluding hydrogens is 272 g/mol. The molecule has 2 amide bonds. The molecule has 1 saturated heterocycles. The molecule has 0 radical (unpaired) electrons. The standard InChI is InChI=1S/C14H22N4O3/c1-14(2,3)12-13(20)18(9-11(19)16-12)10-7-15-17(8-10)5-6-21-4/h7-8,12H,5-6,9H2,1-4H3,(H,16,19). The Labute approximate surface area is 124 Å². The van der Waals surface area contributed by atoms with E-state index in [4.69, 9.17) is 4.74 Å². The average Bonchev–Trinajstić information content (AvgIpc) is 2.86. The molecule has 1 unspecified atom stereocenters. The first-order valence-corrected chi connectivity index (χ1v) is 6.95. The van der Waals surface area contributed by atoms with Crippen LogP contribution in [0.2, 0.25) is 0 Å². The molecule has 7 heteroatoms. The van der Waals surface area contributed by atoms with E-state index in [9.17, 15) is 9.59 Å². The Morgan fingerprint density at radius 1 is 1.43 bits per heavy atom. The van der Waals surface area contributed by atoms with Gasteiger partial charge in [-0.25, -0.2) is 0 Å². The molecule has 2 heterocycles. The Hall–Kier alpha value is -1.89. The summed E-state index contributed by atoms with van der Waals surface area (Å²) in [5, 5.41) is 6.96. The first-order valence-electron chi connectivity index (χ1n) is 6.95. The molecule has 7 nitrogen and oxygen atoms in total. The number of ether oxygens (including phenoxy) is 1. The van der Waals surface area contributed by atoms with Crippen LogP contribution < -0.4 is 10.2 Å². The number of methoxy groups -OCH3 is 1. The topological polar surface area (TPSA) is 76.5 Å². The van der Waals surface area contributed by atoms with Crippen molar-refractivity contribution >= 4 is 17.5 Å². The molecule has 1 fully saturated rings. The van der Waals surface area contributed by atoms with Crippen molar-refractivity contribution in [2.75, 3.05) is 25.2 Å². The number of anilines is 1. The summed E-state index contributed by atoms with van der Waals surface area (Å²) < 4.78 is 6.69. The smallest absolute Gasteiger partial charge is 0.250 e. The maximum atomic E-state index is 12.6. The second-order valence-electron chi connectivity index (χ2n) is 6.25. The lowest BCUT2D eigenvalue weighted by Gasteiger charge is -2.38. The van der Waals surface area contributed by atoms with Gasteiger partial charge in [0.25, 0.3) is 5.91 Å². The molecule has 1 aromatic rings. The first-order chi connectivity index (χ1) is 9.82. The van der Waals surface area contributed by atoms with Gasteiger partial charge in [-0.2, -0.15) is 5.10 Å². The predicted molar refractivity (Wildman–Crippen MR) is 77.8 cm³/mol. The summed E-state index contributed by atoms with van der Waals surface area (Å²) in [6.07, 6.45) is 3.36. The highest BCUT2D eigenvalue weighted by Gasteiger charge is 2.40. The van der Waals surface area contributed by atoms with Crippen molar-refractivity contribution in [3.05, 3.63) is 12.4 Å². The van der Waals surface area contributed by atoms with E-state index in [0.29, 0.717) is 18.8 Å². The minimum absolute atomic E-state index is 0.0292. The molecule has 0 saturated carbocycles. The summed E-state index contributed by atoms with van der Waals surface area (Å²) in [5.74, 6) is -0.257. The first kappa shape index (κ1) is 15.5. The Morgan fingerprint density at radius 3 is 2.76 bits per heavy atom. The third-order valence-corrected chi connectivity index (χ3v) is 3.44. The van der Waals surface area contributed by atoms with Crippen molar-refractivity contribution in [2.24, 2.45) is 5.41 Å². The molecule has 1 N–H and O–H groups in total. The zero-order valence-electron chi connectivity index (χ0n) is 12.9. The van der Waals surface area contributed by atoms with Crippen molar-refractivity contribution in [3.63, 3.8) is 0 Å². The zero-order chi connectivity index (χ0) is 15.6. The van der Waals surface area contributed by atoms with Gasteiger partial charge in [0.15, 0.2) is 0 Å². The van der Waals surface area contributed by atoms with Gasteiger partial charge in [-0.05, 0) is 5.41 Å². The van der Waals surface area contributed by atoms with E-state index in [-0.39, 0.29) is 23.8 Å². The quantitative estimate of drug-likeness (QED) is 0.872. The van der Waals surface area contributed by atoms with Crippen LogP contribution in [0.25, 0.3) is 0 Å². The summed E-state index contributed by atoms with van der Waals surface area (Å²) in [6, 6.07) is -0.527. The number of amides is 2. The summed E-state index contributed by atoms with van der Waals surface area (Å²) in [6.45, 7) is 6.97. The number of rotatable bonds is 4. The van der Waals surface area contributed by atoms with Crippen LogP contribution >= 0.6 is 0 Å². The fraction of sp³-hybridized carbons (Fsp3) is 0.643. The minimum Gasteiger partial charge on any atom is -0.383 e. The molecule has 1 aromatic heterocycles. The predicted octanol–water partition coefficient (Wildman–Crippen LogP) is 0.407. The molecule has 21 heavy (non-hydrogen) atoms. The Bertz CT molecular complexity index is 533. The average molecular weight is 294 g/mol. The highest BCUT2D eigenvalue weighted by atomic mass is 16.5.